The molecule has 2 aliphatic heterocycles. The van der Waals surface area contributed by atoms with Crippen LogP contribution < -0.4 is 19.6 Å². The molecule has 0 bridgehead atoms. The second-order valence-corrected chi connectivity index (χ2v) is 13.6. The van der Waals surface area contributed by atoms with Gasteiger partial charge in [0.1, 0.15) is 6.11 Å². The summed E-state index contributed by atoms with van der Waals surface area (Å²) in [6.45, 7) is 0. The van der Waals surface area contributed by atoms with Gasteiger partial charge in [-0.15, -0.1) is 0 Å². The lowest BCUT2D eigenvalue weighted by Crippen LogP contribution is -2.23. The van der Waals surface area contributed by atoms with Crippen molar-refractivity contribution in [1.82, 2.24) is 0 Å². The molecule has 0 saturated carbocycles. The van der Waals surface area contributed by atoms with Crippen molar-refractivity contribution >= 4 is 68.2 Å². The molecule has 0 aliphatic carbocycles. The Bertz CT molecular complexity index is 2380. The smallest absolute Gasteiger partial charge is 0.103 e. The highest BCUT2D eigenvalue weighted by molar-refractivity contribution is 6.02. The molecule has 0 radical (unpaired) electrons. The maximum absolute atomic E-state index is 7.10. The molecule has 1 N–H and O–H groups in total. The van der Waals surface area contributed by atoms with Gasteiger partial charge in [-0.25, -0.2) is 0 Å². The third kappa shape index (κ3) is 6.16. The molecule has 10 rings (SSSR count). The normalized spacial score (nSPS) is 12.3. The summed E-state index contributed by atoms with van der Waals surface area (Å²) in [4.78, 5) is 9.49. The maximum atomic E-state index is 7.10. The summed E-state index contributed by atoms with van der Waals surface area (Å²) in [7, 11) is 0. The van der Waals surface area contributed by atoms with Gasteiger partial charge in [0, 0.05) is 22.7 Å². The number of aliphatic hydroxyl groups is 1. The van der Waals surface area contributed by atoms with Gasteiger partial charge < -0.3 is 24.7 Å². The molecule has 0 unspecified atom stereocenters. The minimum Gasteiger partial charge on any atom is -0.462 e. The third-order valence-electron chi connectivity index (χ3n) is 10.3. The Morgan fingerprint density at radius 2 is 0.500 bits per heavy atom. The van der Waals surface area contributed by atoms with Crippen LogP contribution in [0.1, 0.15) is 11.1 Å². The molecule has 268 valence electrons. The molecule has 0 fully saturated rings. The van der Waals surface area contributed by atoms with Crippen molar-refractivity contribution in [3.63, 3.8) is 0 Å². The summed E-state index contributed by atoms with van der Waals surface area (Å²) in [5, 5.41) is 7.10. The number of terminal acetylenes is 1. The van der Waals surface area contributed by atoms with Crippen LogP contribution in [0.25, 0.3) is 0 Å². The molecule has 0 saturated heterocycles. The number of hydrogen-bond donors (Lipinski definition) is 1. The second-order valence-electron chi connectivity index (χ2n) is 13.6. The van der Waals surface area contributed by atoms with Gasteiger partial charge in [0.15, 0.2) is 0 Å². The highest BCUT2D eigenvalue weighted by atomic mass is 16.2. The molecule has 0 aromatic heterocycles. The lowest BCUT2D eigenvalue weighted by atomic mass is 10.0. The monoisotopic (exact) mass is 722 g/mol. The first kappa shape index (κ1) is 34.1. The summed E-state index contributed by atoms with van der Waals surface area (Å²) >= 11 is 0. The zero-order chi connectivity index (χ0) is 37.8. The zero-order valence-electron chi connectivity index (χ0n) is 30.7. The van der Waals surface area contributed by atoms with E-state index in [-0.39, 0.29) is 0 Å². The summed E-state index contributed by atoms with van der Waals surface area (Å²) in [6, 6.07) is 74.1. The Morgan fingerprint density at radius 3 is 0.732 bits per heavy atom. The third-order valence-corrected chi connectivity index (χ3v) is 10.3. The van der Waals surface area contributed by atoms with Crippen molar-refractivity contribution in [3.05, 3.63) is 217 Å². The standard InChI is InChI=1S/C49H36N4.C2H2O/c1-3-15-38(16-4-1)50-42-19-7-11-23-46(42)52(47-24-12-8-20-43(47)50)40-31-27-36(28-32-40)35-37-29-33-41(34-30-37)53-48-25-13-9-21-44(48)51(39-17-5-2-6-18-39)45-22-10-14-26-49(45)53;1-2-3/h1-34H,35H2;1,3H. The lowest BCUT2D eigenvalue weighted by molar-refractivity contribution is 0.518. The van der Waals surface area contributed by atoms with Crippen LogP contribution in [0.15, 0.2) is 206 Å². The van der Waals surface area contributed by atoms with Crippen LogP contribution in [0.2, 0.25) is 0 Å². The van der Waals surface area contributed by atoms with Crippen LogP contribution in [-0.2, 0) is 6.42 Å². The van der Waals surface area contributed by atoms with E-state index >= 15 is 0 Å². The lowest BCUT2D eigenvalue weighted by Gasteiger charge is -2.40. The van der Waals surface area contributed by atoms with Crippen LogP contribution in [-0.4, -0.2) is 5.11 Å². The van der Waals surface area contributed by atoms with Crippen molar-refractivity contribution in [2.45, 2.75) is 6.42 Å². The number of aliphatic hydroxyl groups excluding tert-OH is 1. The Balaban J connectivity index is 0.00000133. The first-order valence-corrected chi connectivity index (χ1v) is 18.7. The predicted molar refractivity (Wildman–Crippen MR) is 232 cm³/mol. The Hall–Kier alpha value is -7.68. The molecule has 8 aromatic rings. The fraction of sp³-hybridized carbons (Fsp3) is 0.0196. The molecular formula is C51H38N4O. The van der Waals surface area contributed by atoms with E-state index < -0.39 is 0 Å². The van der Waals surface area contributed by atoms with E-state index in [9.17, 15) is 0 Å². The van der Waals surface area contributed by atoms with E-state index in [1.54, 1.807) is 0 Å². The number of rotatable bonds is 6. The molecule has 5 nitrogen and oxygen atoms in total. The maximum Gasteiger partial charge on any atom is 0.103 e. The van der Waals surface area contributed by atoms with Crippen molar-refractivity contribution in [1.29, 1.82) is 0 Å². The SMILES string of the molecule is C#CO.c1ccc(N2c3ccccc3N(c3ccc(Cc4ccc(N5c6ccccc6N(c6ccccc6)c6ccccc65)cc4)cc3)c3ccccc32)cc1. The highest BCUT2D eigenvalue weighted by Gasteiger charge is 2.31. The largest absolute Gasteiger partial charge is 0.462 e. The predicted octanol–water partition coefficient (Wildman–Crippen LogP) is 13.7. The Morgan fingerprint density at radius 1 is 0.304 bits per heavy atom. The molecule has 8 aromatic carbocycles. The van der Waals surface area contributed by atoms with Crippen LogP contribution in [0.5, 0.6) is 0 Å². The second kappa shape index (κ2) is 15.0. The van der Waals surface area contributed by atoms with E-state index in [4.69, 9.17) is 5.11 Å². The Kier molecular flexibility index (Phi) is 9.13. The number of anilines is 12. The first-order valence-electron chi connectivity index (χ1n) is 18.7. The zero-order valence-corrected chi connectivity index (χ0v) is 30.7. The van der Waals surface area contributed by atoms with E-state index in [0.29, 0.717) is 0 Å². The van der Waals surface area contributed by atoms with Crippen molar-refractivity contribution in [2.75, 3.05) is 19.6 Å². The quantitative estimate of drug-likeness (QED) is 0.173. The molecule has 2 heterocycles. The number of hydrogen-bond acceptors (Lipinski definition) is 5. The van der Waals surface area contributed by atoms with Crippen LogP contribution >= 0.6 is 0 Å². The van der Waals surface area contributed by atoms with Gasteiger partial charge in [0.2, 0.25) is 0 Å². The number of fused-ring (bicyclic) bond motifs is 4. The number of nitrogens with zero attached hydrogens (tertiary/aromatic N) is 4. The van der Waals surface area contributed by atoms with Crippen LogP contribution in [0.3, 0.4) is 0 Å². The fourth-order valence-corrected chi connectivity index (χ4v) is 7.92. The topological polar surface area (TPSA) is 33.2 Å². The van der Waals surface area contributed by atoms with Gasteiger partial charge in [0.05, 0.1) is 45.5 Å². The Labute approximate surface area is 328 Å². The van der Waals surface area contributed by atoms with Crippen LogP contribution in [0.4, 0.5) is 68.2 Å². The van der Waals surface area contributed by atoms with E-state index in [0.717, 1.165) is 74.7 Å². The van der Waals surface area contributed by atoms with Crippen molar-refractivity contribution in [3.8, 4) is 12.5 Å². The van der Waals surface area contributed by atoms with Crippen molar-refractivity contribution in [2.24, 2.45) is 0 Å². The minimum absolute atomic E-state index is 0.852. The first-order chi connectivity index (χ1) is 27.7. The average molecular weight is 723 g/mol. The number of para-hydroxylation sites is 10. The summed E-state index contributed by atoms with van der Waals surface area (Å²) < 4.78 is 0. The molecular weight excluding hydrogens is 685 g/mol. The van der Waals surface area contributed by atoms with Crippen LogP contribution in [0, 0.1) is 12.5 Å². The van der Waals surface area contributed by atoms with Gasteiger partial charge >= 0.3 is 0 Å². The van der Waals surface area contributed by atoms with E-state index in [2.05, 4.69) is 232 Å². The molecule has 2 aliphatic rings. The molecule has 0 amide bonds. The van der Waals surface area contributed by atoms with Gasteiger partial charge in [0.25, 0.3) is 0 Å². The highest BCUT2D eigenvalue weighted by Crippen LogP contribution is 2.55. The van der Waals surface area contributed by atoms with Gasteiger partial charge in [-0.05, 0) is 115 Å². The minimum atomic E-state index is 0.852. The van der Waals surface area contributed by atoms with E-state index in [1.165, 1.54) is 17.2 Å². The van der Waals surface area contributed by atoms with E-state index in [1.807, 2.05) is 0 Å². The summed E-state index contributed by atoms with van der Waals surface area (Å²) in [5.74, 6) is 0. The fourth-order valence-electron chi connectivity index (χ4n) is 7.92. The number of benzene rings is 8. The van der Waals surface area contributed by atoms with Gasteiger partial charge in [-0.1, -0.05) is 116 Å². The molecule has 5 heteroatoms. The summed E-state index contributed by atoms with van der Waals surface area (Å²) in [5.41, 5.74) is 16.4. The molecule has 56 heavy (non-hydrogen) atoms. The molecule has 0 atom stereocenters. The average Bonchev–Trinajstić information content (AvgIpc) is 3.26. The molecule has 0 spiro atoms. The van der Waals surface area contributed by atoms with Gasteiger partial charge in [-0.2, -0.15) is 0 Å². The summed E-state index contributed by atoms with van der Waals surface area (Å²) in [6.07, 6.45) is 6.25. The van der Waals surface area contributed by atoms with Crippen molar-refractivity contribution < 1.29 is 5.11 Å². The van der Waals surface area contributed by atoms with Gasteiger partial charge in [-0.3, -0.25) is 0 Å².